The van der Waals surface area contributed by atoms with E-state index in [9.17, 15) is 4.79 Å². The van der Waals surface area contributed by atoms with Gasteiger partial charge in [-0.25, -0.2) is 0 Å². The van der Waals surface area contributed by atoms with Crippen LogP contribution in [0.3, 0.4) is 0 Å². The summed E-state index contributed by atoms with van der Waals surface area (Å²) in [5.74, 6) is 0. The van der Waals surface area contributed by atoms with E-state index in [-0.39, 0.29) is 0 Å². The molecule has 0 heterocycles. The van der Waals surface area contributed by atoms with E-state index >= 15 is 0 Å². The van der Waals surface area contributed by atoms with Crippen LogP contribution < -0.4 is 0 Å². The summed E-state index contributed by atoms with van der Waals surface area (Å²) in [6.45, 7) is 0. The largest absolute Gasteiger partial charge is 0.298 e. The van der Waals surface area contributed by atoms with Crippen LogP contribution in [0.4, 0.5) is 0 Å². The second-order valence-corrected chi connectivity index (χ2v) is 2.16. The minimum Gasteiger partial charge on any atom is -0.298 e. The van der Waals surface area contributed by atoms with Gasteiger partial charge in [-0.15, -0.1) is 12.6 Å². The molecule has 1 rings (SSSR count). The van der Waals surface area contributed by atoms with Gasteiger partial charge in [-0.05, 0) is 6.07 Å². The zero-order valence-electron chi connectivity index (χ0n) is 4.74. The number of benzene rings is 1. The summed E-state index contributed by atoms with van der Waals surface area (Å²) in [4.78, 5) is 10.9. The zero-order valence-corrected chi connectivity index (χ0v) is 5.64. The summed E-state index contributed by atoms with van der Waals surface area (Å²) in [6, 6.07) is 7.17. The van der Waals surface area contributed by atoms with Crippen LogP contribution in [0, 0.1) is 0 Å². The summed E-state index contributed by atoms with van der Waals surface area (Å²) >= 11 is 4.05. The Balaban J connectivity index is 3.15. The molecular weight excluding hydrogens is 132 g/mol. The lowest BCUT2D eigenvalue weighted by molar-refractivity contribution is 0.112. The minimum atomic E-state index is 0.640. The molecule has 0 atom stereocenters. The summed E-state index contributed by atoms with van der Waals surface area (Å²) in [5, 5.41) is 0. The topological polar surface area (TPSA) is 17.1 Å². The first-order valence-electron chi connectivity index (χ1n) is 2.58. The summed E-state index contributed by atoms with van der Waals surface area (Å²) < 4.78 is 0. The van der Waals surface area contributed by atoms with Gasteiger partial charge in [0.1, 0.15) is 0 Å². The molecule has 46 valence electrons. The van der Waals surface area contributed by atoms with Gasteiger partial charge >= 0.3 is 0 Å². The normalized spacial score (nSPS) is 9.00. The third-order valence-corrected chi connectivity index (χ3v) is 1.47. The molecule has 0 aromatic heterocycles. The van der Waals surface area contributed by atoms with Crippen molar-refractivity contribution in [2.75, 3.05) is 0 Å². The van der Waals surface area contributed by atoms with Gasteiger partial charge in [0.2, 0.25) is 0 Å². The standard InChI is InChI=1S/C7H6OS/c8-5-6-3-1-2-4-7(6)9/h1-5,9H. The SMILES string of the molecule is O=Cc1ccccc1S. The molecule has 0 amide bonds. The molecule has 0 saturated heterocycles. The number of hydrogen-bond acceptors (Lipinski definition) is 2. The molecule has 0 saturated carbocycles. The van der Waals surface area contributed by atoms with Crippen LogP contribution in [0.2, 0.25) is 0 Å². The molecule has 2 heteroatoms. The van der Waals surface area contributed by atoms with Crippen LogP contribution in [0.25, 0.3) is 0 Å². The Kier molecular flexibility index (Phi) is 1.90. The molecule has 0 fully saturated rings. The number of carbonyl (C=O) groups is 1. The average molecular weight is 138 g/mol. The first-order valence-corrected chi connectivity index (χ1v) is 3.02. The van der Waals surface area contributed by atoms with Crippen molar-refractivity contribution in [3.8, 4) is 0 Å². The Bertz CT molecular complexity index is 220. The molecule has 0 spiro atoms. The van der Waals surface area contributed by atoms with E-state index in [0.29, 0.717) is 5.56 Å². The van der Waals surface area contributed by atoms with E-state index in [1.54, 1.807) is 12.1 Å². The van der Waals surface area contributed by atoms with Crippen LogP contribution in [0.5, 0.6) is 0 Å². The minimum absolute atomic E-state index is 0.640. The van der Waals surface area contributed by atoms with E-state index in [4.69, 9.17) is 0 Å². The molecule has 0 aliphatic rings. The number of carbonyl (C=O) groups excluding carboxylic acids is 1. The predicted octanol–water partition coefficient (Wildman–Crippen LogP) is 1.79. The number of thiol groups is 1. The van der Waals surface area contributed by atoms with E-state index in [1.165, 1.54) is 0 Å². The Morgan fingerprint density at radius 2 is 2.00 bits per heavy atom. The Morgan fingerprint density at radius 1 is 1.33 bits per heavy atom. The molecule has 0 aliphatic carbocycles. The monoisotopic (exact) mass is 138 g/mol. The molecule has 1 aromatic rings. The van der Waals surface area contributed by atoms with Crippen LogP contribution in [-0.2, 0) is 0 Å². The van der Waals surface area contributed by atoms with Crippen molar-refractivity contribution in [1.29, 1.82) is 0 Å². The van der Waals surface area contributed by atoms with E-state index in [1.807, 2.05) is 12.1 Å². The fourth-order valence-corrected chi connectivity index (χ4v) is 0.800. The lowest BCUT2D eigenvalue weighted by atomic mass is 10.2. The summed E-state index contributed by atoms with van der Waals surface area (Å²) in [5.41, 5.74) is 0.640. The first-order chi connectivity index (χ1) is 4.34. The van der Waals surface area contributed by atoms with Crippen molar-refractivity contribution in [3.05, 3.63) is 29.8 Å². The van der Waals surface area contributed by atoms with Crippen molar-refractivity contribution in [2.45, 2.75) is 4.90 Å². The quantitative estimate of drug-likeness (QED) is 0.462. The van der Waals surface area contributed by atoms with Gasteiger partial charge in [-0.3, -0.25) is 4.79 Å². The third kappa shape index (κ3) is 1.33. The van der Waals surface area contributed by atoms with E-state index < -0.39 is 0 Å². The molecule has 1 nitrogen and oxygen atoms in total. The molecule has 1 aromatic carbocycles. The molecule has 0 unspecified atom stereocenters. The summed E-state index contributed by atoms with van der Waals surface area (Å²) in [6.07, 6.45) is 0.794. The van der Waals surface area contributed by atoms with Crippen LogP contribution in [-0.4, -0.2) is 6.29 Å². The van der Waals surface area contributed by atoms with Crippen molar-refractivity contribution in [3.63, 3.8) is 0 Å². The van der Waals surface area contributed by atoms with Crippen molar-refractivity contribution >= 4 is 18.9 Å². The van der Waals surface area contributed by atoms with Gasteiger partial charge in [0, 0.05) is 10.5 Å². The van der Waals surface area contributed by atoms with Gasteiger partial charge in [-0.2, -0.15) is 0 Å². The van der Waals surface area contributed by atoms with Gasteiger partial charge in [0.05, 0.1) is 0 Å². The van der Waals surface area contributed by atoms with Crippen LogP contribution in [0.15, 0.2) is 29.2 Å². The molecule has 9 heavy (non-hydrogen) atoms. The fourth-order valence-electron chi connectivity index (χ4n) is 0.587. The fraction of sp³-hybridized carbons (Fsp3) is 0. The lowest BCUT2D eigenvalue weighted by Gasteiger charge is -1.91. The Labute approximate surface area is 59.1 Å². The maximum absolute atomic E-state index is 10.2. The Hall–Kier alpha value is -0.760. The third-order valence-electron chi connectivity index (χ3n) is 1.06. The molecule has 0 bridgehead atoms. The lowest BCUT2D eigenvalue weighted by Crippen LogP contribution is -1.78. The average Bonchev–Trinajstić information content (AvgIpc) is 1.89. The van der Waals surface area contributed by atoms with Crippen molar-refractivity contribution in [1.82, 2.24) is 0 Å². The van der Waals surface area contributed by atoms with Crippen molar-refractivity contribution < 1.29 is 4.79 Å². The molecular formula is C7H6OS. The number of aldehydes is 1. The number of rotatable bonds is 1. The highest BCUT2D eigenvalue weighted by Crippen LogP contribution is 2.09. The first kappa shape index (κ1) is 6.36. The molecule has 0 N–H and O–H groups in total. The second-order valence-electron chi connectivity index (χ2n) is 1.68. The van der Waals surface area contributed by atoms with Crippen LogP contribution in [0.1, 0.15) is 10.4 Å². The Morgan fingerprint density at radius 3 is 2.44 bits per heavy atom. The van der Waals surface area contributed by atoms with E-state index in [2.05, 4.69) is 12.6 Å². The molecule has 0 radical (unpaired) electrons. The highest BCUT2D eigenvalue weighted by Gasteiger charge is 1.91. The summed E-state index contributed by atoms with van der Waals surface area (Å²) in [7, 11) is 0. The number of hydrogen-bond donors (Lipinski definition) is 1. The highest BCUT2D eigenvalue weighted by molar-refractivity contribution is 7.80. The van der Waals surface area contributed by atoms with Gasteiger partial charge in [-0.1, -0.05) is 18.2 Å². The smallest absolute Gasteiger partial charge is 0.151 e. The van der Waals surface area contributed by atoms with E-state index in [0.717, 1.165) is 11.2 Å². The highest BCUT2D eigenvalue weighted by atomic mass is 32.1. The van der Waals surface area contributed by atoms with Gasteiger partial charge in [0.15, 0.2) is 6.29 Å². The molecule has 0 aliphatic heterocycles. The predicted molar refractivity (Wildman–Crippen MR) is 39.1 cm³/mol. The maximum Gasteiger partial charge on any atom is 0.151 e. The van der Waals surface area contributed by atoms with Crippen molar-refractivity contribution in [2.24, 2.45) is 0 Å². The second kappa shape index (κ2) is 2.69. The van der Waals surface area contributed by atoms with Gasteiger partial charge < -0.3 is 0 Å². The zero-order chi connectivity index (χ0) is 6.69. The van der Waals surface area contributed by atoms with Gasteiger partial charge in [0.25, 0.3) is 0 Å². The van der Waals surface area contributed by atoms with Crippen LogP contribution >= 0.6 is 12.6 Å². The maximum atomic E-state index is 10.2.